The summed E-state index contributed by atoms with van der Waals surface area (Å²) in [7, 11) is -3.50. The van der Waals surface area contributed by atoms with Crippen molar-refractivity contribution >= 4 is 43.7 Å². The first-order valence-corrected chi connectivity index (χ1v) is 11.2. The van der Waals surface area contributed by atoms with Crippen LogP contribution < -0.4 is 5.32 Å². The highest BCUT2D eigenvalue weighted by atomic mass is 32.2. The number of fused-ring (bicyclic) bond motifs is 1. The number of nitrogens with zero attached hydrogens (tertiary/aromatic N) is 2. The van der Waals surface area contributed by atoms with Crippen molar-refractivity contribution in [3.63, 3.8) is 0 Å². The molecule has 4 aromatic rings. The van der Waals surface area contributed by atoms with Crippen LogP contribution in [-0.4, -0.2) is 23.9 Å². The molecule has 4 rings (SSSR count). The quantitative estimate of drug-likeness (QED) is 0.505. The predicted octanol–water partition coefficient (Wildman–Crippen LogP) is 3.85. The van der Waals surface area contributed by atoms with E-state index in [0.717, 1.165) is 5.52 Å². The van der Waals surface area contributed by atoms with Gasteiger partial charge in [0.15, 0.2) is 9.84 Å². The Bertz CT molecular complexity index is 1260. The van der Waals surface area contributed by atoms with Gasteiger partial charge in [0, 0.05) is 34.4 Å². The Kier molecular flexibility index (Phi) is 5.16. The first kappa shape index (κ1) is 19.3. The molecule has 0 fully saturated rings. The number of amides is 1. The van der Waals surface area contributed by atoms with Crippen LogP contribution >= 0.6 is 11.3 Å². The van der Waals surface area contributed by atoms with E-state index in [1.165, 1.54) is 35.6 Å². The molecular weight excluding hydrogens is 413 g/mol. The number of carbonyl (C=O) groups excluding carboxylic acids is 1. The summed E-state index contributed by atoms with van der Waals surface area (Å²) in [4.78, 5) is 16.5. The largest absolute Gasteiger partial charge is 0.338 e. The van der Waals surface area contributed by atoms with Crippen molar-refractivity contribution in [3.05, 3.63) is 77.1 Å². The van der Waals surface area contributed by atoms with Gasteiger partial charge in [-0.3, -0.25) is 4.79 Å². The Hall–Kier alpha value is -3.04. The van der Waals surface area contributed by atoms with Gasteiger partial charge < -0.3 is 9.88 Å². The van der Waals surface area contributed by atoms with Gasteiger partial charge >= 0.3 is 0 Å². The number of nitrogens with one attached hydrogen (secondary N) is 1. The lowest BCUT2D eigenvalue weighted by molar-refractivity contribution is -0.116. The zero-order chi connectivity index (χ0) is 20.4. The highest BCUT2D eigenvalue weighted by Gasteiger charge is 2.17. The van der Waals surface area contributed by atoms with Gasteiger partial charge in [0.1, 0.15) is 23.1 Å². The highest BCUT2D eigenvalue weighted by Crippen LogP contribution is 2.21. The van der Waals surface area contributed by atoms with Crippen molar-refractivity contribution in [2.75, 3.05) is 5.32 Å². The molecule has 1 N–H and O–H groups in total. The van der Waals surface area contributed by atoms with Crippen molar-refractivity contribution in [2.24, 2.45) is 0 Å². The third-order valence-corrected chi connectivity index (χ3v) is 6.95. The topological polar surface area (TPSA) is 81.1 Å². The summed E-state index contributed by atoms with van der Waals surface area (Å²) in [5.41, 5.74) is 1.25. The molecule has 0 unspecified atom stereocenters. The number of thiazole rings is 1. The molecule has 0 radical (unpaired) electrons. The highest BCUT2D eigenvalue weighted by molar-refractivity contribution is 7.90. The van der Waals surface area contributed by atoms with Crippen LogP contribution in [-0.2, 0) is 26.9 Å². The van der Waals surface area contributed by atoms with E-state index in [4.69, 9.17) is 0 Å². The molecule has 1 amide bonds. The summed E-state index contributed by atoms with van der Waals surface area (Å²) in [5, 5.41) is 5.72. The number of halogens is 1. The maximum atomic E-state index is 13.3. The second kappa shape index (κ2) is 7.76. The van der Waals surface area contributed by atoms with Gasteiger partial charge in [0.05, 0.1) is 4.90 Å². The molecule has 0 atom stereocenters. The third kappa shape index (κ3) is 4.36. The zero-order valence-corrected chi connectivity index (χ0v) is 16.7. The Labute approximate surface area is 170 Å². The van der Waals surface area contributed by atoms with Gasteiger partial charge in [-0.2, -0.15) is 0 Å². The number of aromatic nitrogens is 2. The maximum Gasteiger partial charge on any atom is 0.244 e. The van der Waals surface area contributed by atoms with Gasteiger partial charge in [-0.25, -0.2) is 17.8 Å². The summed E-state index contributed by atoms with van der Waals surface area (Å²) in [6, 6.07) is 12.2. The fourth-order valence-electron chi connectivity index (χ4n) is 2.98. The number of hydrogen-bond donors (Lipinski definition) is 1. The minimum Gasteiger partial charge on any atom is -0.338 e. The van der Waals surface area contributed by atoms with Crippen molar-refractivity contribution in [2.45, 2.75) is 17.2 Å². The molecule has 148 valence electrons. The molecule has 2 aromatic heterocycles. The van der Waals surface area contributed by atoms with Gasteiger partial charge in [-0.15, -0.1) is 11.3 Å². The molecule has 0 aliphatic carbocycles. The summed E-state index contributed by atoms with van der Waals surface area (Å²) in [5.74, 6) is -0.757. The molecule has 9 heteroatoms. The van der Waals surface area contributed by atoms with Crippen LogP contribution in [0.5, 0.6) is 0 Å². The van der Waals surface area contributed by atoms with Crippen molar-refractivity contribution < 1.29 is 17.6 Å². The summed E-state index contributed by atoms with van der Waals surface area (Å²) in [6.45, 7) is 0.0548. The molecule has 0 saturated heterocycles. The molecule has 0 spiro atoms. The lowest BCUT2D eigenvalue weighted by Crippen LogP contribution is -2.18. The Balaban J connectivity index is 1.43. The van der Waals surface area contributed by atoms with Crippen LogP contribution in [0, 0.1) is 5.82 Å². The molecule has 0 saturated carbocycles. The van der Waals surface area contributed by atoms with E-state index in [1.54, 1.807) is 46.6 Å². The van der Waals surface area contributed by atoms with Crippen LogP contribution in [0.25, 0.3) is 10.9 Å². The molecule has 29 heavy (non-hydrogen) atoms. The summed E-state index contributed by atoms with van der Waals surface area (Å²) in [6.07, 6.45) is 3.29. The van der Waals surface area contributed by atoms with E-state index in [2.05, 4.69) is 10.3 Å². The zero-order valence-electron chi connectivity index (χ0n) is 15.1. The Morgan fingerprint density at radius 2 is 1.93 bits per heavy atom. The standard InChI is InChI=1S/C20H16FN3O3S2/c21-15-1-6-18-14(11-15)7-9-24(18)12-19(25)23-16-2-4-17(5-3-16)29(26,27)13-20-22-8-10-28-20/h1-11H,12-13H2,(H,23,25). The number of carbonyl (C=O) groups is 1. The van der Waals surface area contributed by atoms with Crippen molar-refractivity contribution in [3.8, 4) is 0 Å². The smallest absolute Gasteiger partial charge is 0.244 e. The average Bonchev–Trinajstić information content (AvgIpc) is 3.31. The Morgan fingerprint density at radius 1 is 1.14 bits per heavy atom. The second-order valence-corrected chi connectivity index (χ2v) is 9.37. The van der Waals surface area contributed by atoms with E-state index in [1.807, 2.05) is 0 Å². The van der Waals surface area contributed by atoms with Crippen LogP contribution in [0.3, 0.4) is 0 Å². The minimum atomic E-state index is -3.50. The molecule has 2 aromatic carbocycles. The number of anilines is 1. The van der Waals surface area contributed by atoms with E-state index < -0.39 is 9.84 Å². The second-order valence-electron chi connectivity index (χ2n) is 6.40. The van der Waals surface area contributed by atoms with E-state index in [0.29, 0.717) is 16.1 Å². The van der Waals surface area contributed by atoms with E-state index in [-0.39, 0.29) is 28.9 Å². The van der Waals surface area contributed by atoms with Crippen LogP contribution in [0.15, 0.2) is 71.2 Å². The lowest BCUT2D eigenvalue weighted by atomic mass is 10.2. The van der Waals surface area contributed by atoms with Crippen LogP contribution in [0.4, 0.5) is 10.1 Å². The number of benzene rings is 2. The monoisotopic (exact) mass is 429 g/mol. The van der Waals surface area contributed by atoms with Crippen molar-refractivity contribution in [1.82, 2.24) is 9.55 Å². The average molecular weight is 429 g/mol. The van der Waals surface area contributed by atoms with Crippen LogP contribution in [0.1, 0.15) is 5.01 Å². The summed E-state index contributed by atoms with van der Waals surface area (Å²) >= 11 is 1.29. The molecule has 0 aliphatic heterocycles. The Morgan fingerprint density at radius 3 is 2.66 bits per heavy atom. The lowest BCUT2D eigenvalue weighted by Gasteiger charge is -2.09. The fourth-order valence-corrected chi connectivity index (χ4v) is 5.24. The normalized spacial score (nSPS) is 11.6. The fraction of sp³-hybridized carbons (Fsp3) is 0.100. The van der Waals surface area contributed by atoms with E-state index in [9.17, 15) is 17.6 Å². The van der Waals surface area contributed by atoms with Gasteiger partial charge in [0.25, 0.3) is 0 Å². The third-order valence-electron chi connectivity index (χ3n) is 4.34. The van der Waals surface area contributed by atoms with Crippen LogP contribution in [0.2, 0.25) is 0 Å². The van der Waals surface area contributed by atoms with E-state index >= 15 is 0 Å². The summed E-state index contributed by atoms with van der Waals surface area (Å²) < 4.78 is 39.9. The van der Waals surface area contributed by atoms with Gasteiger partial charge in [-0.1, -0.05) is 0 Å². The molecule has 6 nitrogen and oxygen atoms in total. The maximum absolute atomic E-state index is 13.3. The van der Waals surface area contributed by atoms with Crippen molar-refractivity contribution in [1.29, 1.82) is 0 Å². The predicted molar refractivity (Wildman–Crippen MR) is 110 cm³/mol. The number of sulfone groups is 1. The molecule has 2 heterocycles. The number of hydrogen-bond acceptors (Lipinski definition) is 5. The SMILES string of the molecule is O=C(Cn1ccc2cc(F)ccc21)Nc1ccc(S(=O)(=O)Cc2nccs2)cc1. The molecule has 0 aliphatic rings. The first-order chi connectivity index (χ1) is 13.9. The van der Waals surface area contributed by atoms with Gasteiger partial charge in [-0.05, 0) is 48.5 Å². The van der Waals surface area contributed by atoms with Gasteiger partial charge in [0.2, 0.25) is 5.91 Å². The minimum absolute atomic E-state index is 0.0548. The molecular formula is C20H16FN3O3S2. The first-order valence-electron chi connectivity index (χ1n) is 8.66. The molecule has 0 bridgehead atoms. The number of rotatable bonds is 6.